The predicted molar refractivity (Wildman–Crippen MR) is 66.4 cm³/mol. The Hall–Kier alpha value is -1.13. The van der Waals surface area contributed by atoms with Gasteiger partial charge < -0.3 is 10.1 Å². The van der Waals surface area contributed by atoms with Crippen molar-refractivity contribution in [1.29, 1.82) is 0 Å². The van der Waals surface area contributed by atoms with Crippen molar-refractivity contribution < 1.29 is 4.74 Å². The van der Waals surface area contributed by atoms with Gasteiger partial charge in [0.1, 0.15) is 0 Å². The zero-order valence-corrected chi connectivity index (χ0v) is 10.3. The van der Waals surface area contributed by atoms with Gasteiger partial charge in [-0.15, -0.1) is 0 Å². The second-order valence-corrected chi connectivity index (χ2v) is 3.95. The Morgan fingerprint density at radius 2 is 2.38 bits per heavy atom. The fraction of sp³-hybridized carbons (Fsp3) is 0.583. The first-order valence-electron chi connectivity index (χ1n) is 5.64. The zero-order chi connectivity index (χ0) is 11.8. The van der Waals surface area contributed by atoms with E-state index in [0.717, 1.165) is 25.3 Å². The van der Waals surface area contributed by atoms with Gasteiger partial charge in [0.2, 0.25) is 0 Å². The van der Waals surface area contributed by atoms with Gasteiger partial charge in [-0.1, -0.05) is 12.2 Å². The average molecular weight is 223 g/mol. The summed E-state index contributed by atoms with van der Waals surface area (Å²) in [5.74, 6) is 0. The minimum absolute atomic E-state index is 0.418. The number of hydrogen-bond acceptors (Lipinski definition) is 3. The summed E-state index contributed by atoms with van der Waals surface area (Å²) in [5.41, 5.74) is 1.14. The predicted octanol–water partition coefficient (Wildman–Crippen LogP) is 1.71. The molecule has 0 amide bonds. The Balaban J connectivity index is 2.27. The molecule has 0 aromatic carbocycles. The maximum Gasteiger partial charge on any atom is 0.0587 e. The Bertz CT molecular complexity index is 318. The molecule has 90 valence electrons. The van der Waals surface area contributed by atoms with Crippen LogP contribution in [0.15, 0.2) is 18.5 Å². The van der Waals surface area contributed by atoms with Crippen LogP contribution < -0.4 is 5.32 Å². The molecule has 1 rings (SSSR count). The van der Waals surface area contributed by atoms with Gasteiger partial charge in [0.25, 0.3) is 0 Å². The summed E-state index contributed by atoms with van der Waals surface area (Å²) in [6.07, 6.45) is 8.10. The van der Waals surface area contributed by atoms with Crippen LogP contribution in [0.3, 0.4) is 0 Å². The van der Waals surface area contributed by atoms with Crippen LogP contribution >= 0.6 is 0 Å². The van der Waals surface area contributed by atoms with Crippen LogP contribution in [0.4, 0.5) is 0 Å². The highest BCUT2D eigenvalue weighted by molar-refractivity contribution is 5.46. The normalized spacial score (nSPS) is 11.8. The smallest absolute Gasteiger partial charge is 0.0587 e. The number of hydrogen-bond donors (Lipinski definition) is 1. The van der Waals surface area contributed by atoms with E-state index in [2.05, 4.69) is 42.6 Å². The number of ether oxygens (including phenoxy) is 1. The molecule has 16 heavy (non-hydrogen) atoms. The molecule has 0 aliphatic carbocycles. The third-order valence-electron chi connectivity index (χ3n) is 2.21. The highest BCUT2D eigenvalue weighted by Crippen LogP contribution is 2.06. The first kappa shape index (κ1) is 12.9. The van der Waals surface area contributed by atoms with Crippen molar-refractivity contribution in [3.63, 3.8) is 0 Å². The number of nitrogens with one attached hydrogen (secondary N) is 1. The summed E-state index contributed by atoms with van der Waals surface area (Å²) >= 11 is 0. The SMILES string of the molecule is COCCNC/C=C/c1cnn(C(C)C)c1. The van der Waals surface area contributed by atoms with Crippen LogP contribution in [0.2, 0.25) is 0 Å². The Labute approximate surface area is 97.3 Å². The maximum absolute atomic E-state index is 4.94. The molecule has 4 heteroatoms. The summed E-state index contributed by atoms with van der Waals surface area (Å²) < 4.78 is 6.89. The quantitative estimate of drug-likeness (QED) is 0.715. The van der Waals surface area contributed by atoms with Crippen LogP contribution in [0.5, 0.6) is 0 Å². The largest absolute Gasteiger partial charge is 0.383 e. The van der Waals surface area contributed by atoms with E-state index in [4.69, 9.17) is 4.74 Å². The van der Waals surface area contributed by atoms with Crippen LogP contribution in [-0.2, 0) is 4.74 Å². The molecule has 0 unspecified atom stereocenters. The standard InChI is InChI=1S/C12H21N3O/c1-11(2)15-10-12(9-14-15)5-4-6-13-7-8-16-3/h4-5,9-11,13H,6-8H2,1-3H3/b5-4+. The van der Waals surface area contributed by atoms with Gasteiger partial charge in [-0.25, -0.2) is 0 Å². The summed E-state index contributed by atoms with van der Waals surface area (Å²) in [4.78, 5) is 0. The molecule has 0 saturated heterocycles. The highest BCUT2D eigenvalue weighted by Gasteiger charge is 1.97. The second kappa shape index (κ2) is 7.19. The molecule has 1 N–H and O–H groups in total. The van der Waals surface area contributed by atoms with Crippen molar-refractivity contribution in [2.75, 3.05) is 26.8 Å². The molecule has 0 aliphatic rings. The van der Waals surface area contributed by atoms with Gasteiger partial charge in [0.05, 0.1) is 12.8 Å². The van der Waals surface area contributed by atoms with Gasteiger partial charge in [0.15, 0.2) is 0 Å². The molecular formula is C12H21N3O. The minimum atomic E-state index is 0.418. The first-order valence-corrected chi connectivity index (χ1v) is 5.64. The third-order valence-corrected chi connectivity index (χ3v) is 2.21. The van der Waals surface area contributed by atoms with E-state index in [-0.39, 0.29) is 0 Å². The van der Waals surface area contributed by atoms with Crippen molar-refractivity contribution >= 4 is 6.08 Å². The van der Waals surface area contributed by atoms with E-state index >= 15 is 0 Å². The van der Waals surface area contributed by atoms with E-state index in [1.165, 1.54) is 0 Å². The fourth-order valence-electron chi connectivity index (χ4n) is 1.28. The molecule has 0 atom stereocenters. The van der Waals surface area contributed by atoms with Crippen molar-refractivity contribution in [2.45, 2.75) is 19.9 Å². The number of nitrogens with zero attached hydrogens (tertiary/aromatic N) is 2. The van der Waals surface area contributed by atoms with Gasteiger partial charge in [-0.3, -0.25) is 4.68 Å². The summed E-state index contributed by atoms with van der Waals surface area (Å²) in [6.45, 7) is 6.72. The number of rotatable bonds is 7. The van der Waals surface area contributed by atoms with E-state index in [1.54, 1.807) is 7.11 Å². The fourth-order valence-corrected chi connectivity index (χ4v) is 1.28. The van der Waals surface area contributed by atoms with Crippen LogP contribution in [0.25, 0.3) is 6.08 Å². The van der Waals surface area contributed by atoms with Crippen molar-refractivity contribution in [3.8, 4) is 0 Å². The molecule has 0 fully saturated rings. The molecule has 1 aromatic heterocycles. The number of methoxy groups -OCH3 is 1. The maximum atomic E-state index is 4.94. The Kier molecular flexibility index (Phi) is 5.82. The van der Waals surface area contributed by atoms with Crippen molar-refractivity contribution in [3.05, 3.63) is 24.0 Å². The van der Waals surface area contributed by atoms with Gasteiger partial charge in [-0.2, -0.15) is 5.10 Å². The van der Waals surface area contributed by atoms with Gasteiger partial charge >= 0.3 is 0 Å². The lowest BCUT2D eigenvalue weighted by atomic mass is 10.3. The molecule has 4 nitrogen and oxygen atoms in total. The summed E-state index contributed by atoms with van der Waals surface area (Å²) in [6, 6.07) is 0.418. The average Bonchev–Trinajstić information content (AvgIpc) is 2.72. The van der Waals surface area contributed by atoms with Crippen LogP contribution in [-0.4, -0.2) is 36.6 Å². The lowest BCUT2D eigenvalue weighted by molar-refractivity contribution is 0.200. The monoisotopic (exact) mass is 223 g/mol. The topological polar surface area (TPSA) is 39.1 Å². The zero-order valence-electron chi connectivity index (χ0n) is 10.3. The Morgan fingerprint density at radius 1 is 1.56 bits per heavy atom. The van der Waals surface area contributed by atoms with E-state index in [9.17, 15) is 0 Å². The summed E-state index contributed by atoms with van der Waals surface area (Å²) in [7, 11) is 1.71. The highest BCUT2D eigenvalue weighted by atomic mass is 16.5. The molecule has 1 aromatic rings. The molecule has 0 saturated carbocycles. The molecule has 0 spiro atoms. The molecule has 0 aliphatic heterocycles. The lowest BCUT2D eigenvalue weighted by Gasteiger charge is -2.02. The van der Waals surface area contributed by atoms with E-state index in [0.29, 0.717) is 6.04 Å². The molecular weight excluding hydrogens is 202 g/mol. The van der Waals surface area contributed by atoms with Crippen molar-refractivity contribution in [1.82, 2.24) is 15.1 Å². The molecule has 0 radical (unpaired) electrons. The third kappa shape index (κ3) is 4.59. The molecule has 0 bridgehead atoms. The van der Waals surface area contributed by atoms with E-state index in [1.807, 2.05) is 10.9 Å². The van der Waals surface area contributed by atoms with Crippen LogP contribution in [0.1, 0.15) is 25.5 Å². The Morgan fingerprint density at radius 3 is 3.00 bits per heavy atom. The van der Waals surface area contributed by atoms with Gasteiger partial charge in [0, 0.05) is 38.0 Å². The first-order chi connectivity index (χ1) is 7.74. The number of aromatic nitrogens is 2. The van der Waals surface area contributed by atoms with Crippen molar-refractivity contribution in [2.24, 2.45) is 0 Å². The minimum Gasteiger partial charge on any atom is -0.383 e. The van der Waals surface area contributed by atoms with Crippen LogP contribution in [0, 0.1) is 0 Å². The van der Waals surface area contributed by atoms with E-state index < -0.39 is 0 Å². The summed E-state index contributed by atoms with van der Waals surface area (Å²) in [5, 5.41) is 7.52. The molecule has 1 heterocycles. The second-order valence-electron chi connectivity index (χ2n) is 3.95. The van der Waals surface area contributed by atoms with Gasteiger partial charge in [-0.05, 0) is 13.8 Å². The lowest BCUT2D eigenvalue weighted by Crippen LogP contribution is -2.18.